The van der Waals surface area contributed by atoms with E-state index in [1.165, 1.54) is 6.42 Å². The molecule has 3 heterocycles. The summed E-state index contributed by atoms with van der Waals surface area (Å²) >= 11 is 0. The summed E-state index contributed by atoms with van der Waals surface area (Å²) in [5.74, 6) is -0.886. The number of carboxylic acid groups (broad SMARTS) is 1. The number of hydrogen-bond acceptors (Lipinski definition) is 9. The Kier molecular flexibility index (Phi) is 10.1. The summed E-state index contributed by atoms with van der Waals surface area (Å²) in [6.07, 6.45) is 8.47. The van der Waals surface area contributed by atoms with Gasteiger partial charge in [0, 0.05) is 50.0 Å². The smallest absolute Gasteiger partial charge is 0.410 e. The van der Waals surface area contributed by atoms with E-state index in [0.717, 1.165) is 61.0 Å². The van der Waals surface area contributed by atoms with Crippen LogP contribution in [0.2, 0.25) is 0 Å². The summed E-state index contributed by atoms with van der Waals surface area (Å²) in [4.78, 5) is 47.3. The lowest BCUT2D eigenvalue weighted by atomic mass is 9.39. The van der Waals surface area contributed by atoms with Crippen molar-refractivity contribution in [2.75, 3.05) is 31.6 Å². The van der Waals surface area contributed by atoms with Crippen molar-refractivity contribution in [1.29, 1.82) is 0 Å². The molecule has 4 bridgehead atoms. The lowest BCUT2D eigenvalue weighted by molar-refractivity contribution is -0.248. The van der Waals surface area contributed by atoms with Crippen molar-refractivity contribution in [2.24, 2.45) is 16.2 Å². The molecule has 1 amide bonds. The number of nitrogens with zero attached hydrogens (tertiary/aromatic N) is 5. The fourth-order valence-corrected chi connectivity index (χ4v) is 11.5. The van der Waals surface area contributed by atoms with Crippen molar-refractivity contribution in [1.82, 2.24) is 19.7 Å². The number of anilines is 1. The fraction of sp³-hybridized carbons (Fsp3) is 0.622. The monoisotopic (exact) mass is 783 g/mol. The first kappa shape index (κ1) is 40.7. The standard InChI is InChI=1S/C45H61N5O7/c1-29-33(31-14-15-35(47-36(31)38(53)56-40(2,3)4)49-17-16-30-12-11-13-32(37(51)52)34(30)21-49)20-46-50(29)28-44-23-42(8)22-43(9,24-44)26-45(25-42,27-44)55-19-18-48(10)39(54)57-41(5,6)7/h11-15,20H,16-19,21-28H2,1-10H3,(H,51,52). The number of carbonyl (C=O) groups excluding carboxylic acids is 2. The first-order chi connectivity index (χ1) is 26.5. The predicted octanol–water partition coefficient (Wildman–Crippen LogP) is 8.47. The molecule has 1 N–H and O–H groups in total. The number of ether oxygens (including phenoxy) is 3. The number of aromatic nitrogens is 3. The summed E-state index contributed by atoms with van der Waals surface area (Å²) in [5.41, 5.74) is 3.38. The second-order valence-electron chi connectivity index (χ2n) is 20.4. The van der Waals surface area contributed by atoms with Crippen molar-refractivity contribution in [3.63, 3.8) is 0 Å². The molecular weight excluding hydrogens is 723 g/mol. The molecule has 2 aromatic heterocycles. The minimum Gasteiger partial charge on any atom is -0.478 e. The van der Waals surface area contributed by atoms with Gasteiger partial charge in [-0.3, -0.25) is 4.68 Å². The first-order valence-corrected chi connectivity index (χ1v) is 20.4. The number of esters is 1. The van der Waals surface area contributed by atoms with Crippen LogP contribution in [0.15, 0.2) is 36.5 Å². The number of pyridine rings is 1. The SMILES string of the molecule is Cc1c(-c2ccc(N3CCc4cccc(C(=O)O)c4C3)nc2C(=O)OC(C)(C)C)cnn1CC12CC3(C)CC(C)(C1)CC(OCCN(C)C(=O)OC(C)(C)C)(C3)C2. The van der Waals surface area contributed by atoms with Gasteiger partial charge < -0.3 is 29.1 Å². The molecule has 1 aromatic carbocycles. The minimum atomic E-state index is -0.957. The van der Waals surface area contributed by atoms with E-state index < -0.39 is 23.1 Å². The van der Waals surface area contributed by atoms with Crippen LogP contribution in [-0.2, 0) is 33.7 Å². The van der Waals surface area contributed by atoms with E-state index in [9.17, 15) is 19.5 Å². The first-order valence-electron chi connectivity index (χ1n) is 20.4. The third-order valence-corrected chi connectivity index (χ3v) is 12.4. The van der Waals surface area contributed by atoms with Gasteiger partial charge in [-0.25, -0.2) is 19.4 Å². The van der Waals surface area contributed by atoms with Crippen LogP contribution in [0.1, 0.15) is 132 Å². The van der Waals surface area contributed by atoms with Crippen molar-refractivity contribution in [3.8, 4) is 11.1 Å². The van der Waals surface area contributed by atoms with E-state index in [2.05, 4.69) is 25.5 Å². The van der Waals surface area contributed by atoms with E-state index in [1.807, 2.05) is 70.8 Å². The van der Waals surface area contributed by atoms with Gasteiger partial charge in [0.25, 0.3) is 0 Å². The highest BCUT2D eigenvalue weighted by Gasteiger charge is 2.66. The Hall–Kier alpha value is -4.45. The normalized spacial score (nSPS) is 26.6. The maximum Gasteiger partial charge on any atom is 0.410 e. The van der Waals surface area contributed by atoms with Crippen molar-refractivity contribution in [3.05, 3.63) is 64.6 Å². The topological polar surface area (TPSA) is 136 Å². The van der Waals surface area contributed by atoms with E-state index in [4.69, 9.17) is 24.3 Å². The average molecular weight is 784 g/mol. The van der Waals surface area contributed by atoms with Crippen LogP contribution in [0.5, 0.6) is 0 Å². The van der Waals surface area contributed by atoms with Crippen LogP contribution < -0.4 is 4.90 Å². The molecule has 0 saturated heterocycles. The molecule has 3 aromatic rings. The number of carboxylic acids is 1. The van der Waals surface area contributed by atoms with Gasteiger partial charge in [0.05, 0.1) is 24.0 Å². The molecule has 0 spiro atoms. The minimum absolute atomic E-state index is 0.0289. The lowest BCUT2D eigenvalue weighted by Crippen LogP contribution is -2.64. The van der Waals surface area contributed by atoms with Crippen LogP contribution >= 0.6 is 0 Å². The zero-order valence-electron chi connectivity index (χ0n) is 35.6. The molecule has 12 heteroatoms. The summed E-state index contributed by atoms with van der Waals surface area (Å²) in [5, 5.41) is 14.9. The molecule has 4 saturated carbocycles. The van der Waals surface area contributed by atoms with Gasteiger partial charge in [-0.1, -0.05) is 26.0 Å². The number of hydrogen-bond donors (Lipinski definition) is 1. The van der Waals surface area contributed by atoms with Gasteiger partial charge in [-0.15, -0.1) is 0 Å². The number of aromatic carboxylic acids is 1. The van der Waals surface area contributed by atoms with E-state index in [-0.39, 0.29) is 39.2 Å². The van der Waals surface area contributed by atoms with Crippen LogP contribution in [-0.4, -0.2) is 86.3 Å². The molecule has 57 heavy (non-hydrogen) atoms. The third kappa shape index (κ3) is 8.43. The number of benzene rings is 1. The Bertz CT molecular complexity index is 2060. The lowest BCUT2D eigenvalue weighted by Gasteiger charge is -2.69. The fourth-order valence-electron chi connectivity index (χ4n) is 11.5. The Morgan fingerprint density at radius 1 is 0.895 bits per heavy atom. The molecule has 2 atom stereocenters. The van der Waals surface area contributed by atoms with Crippen LogP contribution in [0, 0.1) is 23.2 Å². The van der Waals surface area contributed by atoms with Gasteiger partial charge >= 0.3 is 18.0 Å². The second-order valence-corrected chi connectivity index (χ2v) is 20.4. The molecule has 5 aliphatic rings. The second kappa shape index (κ2) is 14.1. The summed E-state index contributed by atoms with van der Waals surface area (Å²) in [7, 11) is 1.76. The predicted molar refractivity (Wildman–Crippen MR) is 217 cm³/mol. The largest absolute Gasteiger partial charge is 0.478 e. The number of amides is 1. The zero-order valence-corrected chi connectivity index (χ0v) is 35.6. The Labute approximate surface area is 337 Å². The number of rotatable bonds is 10. The van der Waals surface area contributed by atoms with Crippen LogP contribution in [0.4, 0.5) is 10.6 Å². The molecule has 4 aliphatic carbocycles. The highest BCUT2D eigenvalue weighted by atomic mass is 16.6. The molecule has 8 rings (SSSR count). The van der Waals surface area contributed by atoms with Crippen LogP contribution in [0.3, 0.4) is 0 Å². The Balaban J connectivity index is 1.15. The average Bonchev–Trinajstić information content (AvgIpc) is 3.42. The van der Waals surface area contributed by atoms with Crippen LogP contribution in [0.25, 0.3) is 11.1 Å². The maximum atomic E-state index is 13.9. The molecule has 1 aliphatic heterocycles. The number of likely N-dealkylation sites (N-methyl/N-ethyl adjacent to an activating group) is 1. The molecule has 4 fully saturated rings. The van der Waals surface area contributed by atoms with Gasteiger partial charge in [-0.2, -0.15) is 5.10 Å². The molecule has 308 valence electrons. The van der Waals surface area contributed by atoms with Crippen molar-refractivity contribution in [2.45, 2.75) is 137 Å². The van der Waals surface area contributed by atoms with Gasteiger partial charge in [-0.05, 0) is 139 Å². The van der Waals surface area contributed by atoms with E-state index in [0.29, 0.717) is 44.0 Å². The maximum absolute atomic E-state index is 13.9. The third-order valence-electron chi connectivity index (χ3n) is 12.4. The zero-order chi connectivity index (χ0) is 41.3. The van der Waals surface area contributed by atoms with Crippen molar-refractivity contribution >= 4 is 23.8 Å². The molecule has 2 unspecified atom stereocenters. The van der Waals surface area contributed by atoms with Gasteiger partial charge in [0.15, 0.2) is 5.69 Å². The number of carbonyl (C=O) groups is 3. The van der Waals surface area contributed by atoms with E-state index >= 15 is 0 Å². The quantitative estimate of drug-likeness (QED) is 0.200. The van der Waals surface area contributed by atoms with Gasteiger partial charge in [0.1, 0.15) is 17.0 Å². The summed E-state index contributed by atoms with van der Waals surface area (Å²) < 4.78 is 20.5. The summed E-state index contributed by atoms with van der Waals surface area (Å²) in [6, 6.07) is 9.25. The molecule has 12 nitrogen and oxygen atoms in total. The van der Waals surface area contributed by atoms with Crippen molar-refractivity contribution < 1.29 is 33.7 Å². The Morgan fingerprint density at radius 3 is 2.23 bits per heavy atom. The number of fused-ring (bicyclic) bond motifs is 1. The molecular formula is C45H61N5O7. The molecule has 0 radical (unpaired) electrons. The highest BCUT2D eigenvalue weighted by molar-refractivity contribution is 5.96. The highest BCUT2D eigenvalue weighted by Crippen LogP contribution is 2.72. The summed E-state index contributed by atoms with van der Waals surface area (Å²) in [6.45, 7) is 20.7. The Morgan fingerprint density at radius 2 is 1.58 bits per heavy atom. The van der Waals surface area contributed by atoms with E-state index in [1.54, 1.807) is 24.1 Å². The van der Waals surface area contributed by atoms with Gasteiger partial charge in [0.2, 0.25) is 0 Å².